The van der Waals surface area contributed by atoms with Gasteiger partial charge in [-0.1, -0.05) is 24.3 Å². The molecule has 0 bridgehead atoms. The summed E-state index contributed by atoms with van der Waals surface area (Å²) >= 11 is 0. The van der Waals surface area contributed by atoms with Crippen molar-refractivity contribution in [1.82, 2.24) is 4.90 Å². The van der Waals surface area contributed by atoms with E-state index < -0.39 is 29.7 Å². The number of carbonyl (C=O) groups is 1. The molecule has 29 heavy (non-hydrogen) atoms. The van der Waals surface area contributed by atoms with Crippen LogP contribution in [0.2, 0.25) is 0 Å². The highest BCUT2D eigenvalue weighted by atomic mass is 19.4. The Kier molecular flexibility index (Phi) is 6.17. The molecule has 156 valence electrons. The monoisotopic (exact) mass is 406 g/mol. The topological polar surface area (TPSA) is 43.8 Å². The second-order valence-corrected chi connectivity index (χ2v) is 7.68. The van der Waals surface area contributed by atoms with E-state index in [4.69, 9.17) is 0 Å². The van der Waals surface area contributed by atoms with E-state index in [9.17, 15) is 23.1 Å². The number of benzene rings is 2. The van der Waals surface area contributed by atoms with Gasteiger partial charge in [-0.2, -0.15) is 13.2 Å². The molecule has 2 aromatic carbocycles. The van der Waals surface area contributed by atoms with Gasteiger partial charge in [0.2, 0.25) is 0 Å². The highest BCUT2D eigenvalue weighted by Gasteiger charge is 2.34. The Morgan fingerprint density at radius 2 is 1.83 bits per heavy atom. The molecular weight excluding hydrogens is 381 g/mol. The number of alkyl halides is 3. The second-order valence-electron chi connectivity index (χ2n) is 7.68. The minimum Gasteiger partial charge on any atom is -0.481 e. The summed E-state index contributed by atoms with van der Waals surface area (Å²) in [5.74, 6) is -1.38. The smallest absolute Gasteiger partial charge is 0.416 e. The Morgan fingerprint density at radius 3 is 2.41 bits per heavy atom. The van der Waals surface area contributed by atoms with Crippen molar-refractivity contribution in [3.63, 3.8) is 0 Å². The van der Waals surface area contributed by atoms with Crippen LogP contribution in [0.4, 0.5) is 18.9 Å². The van der Waals surface area contributed by atoms with Gasteiger partial charge in [0.15, 0.2) is 0 Å². The summed E-state index contributed by atoms with van der Waals surface area (Å²) in [6.45, 7) is 0.950. The molecule has 2 unspecified atom stereocenters. The van der Waals surface area contributed by atoms with Crippen LogP contribution >= 0.6 is 0 Å². The molecule has 4 nitrogen and oxygen atoms in total. The number of likely N-dealkylation sites (tertiary alicyclic amines) is 1. The number of aliphatic carboxylic acids is 1. The first kappa shape index (κ1) is 21.2. The lowest BCUT2D eigenvalue weighted by Crippen LogP contribution is -2.41. The fourth-order valence-corrected chi connectivity index (χ4v) is 3.90. The fourth-order valence-electron chi connectivity index (χ4n) is 3.90. The largest absolute Gasteiger partial charge is 0.481 e. The molecule has 0 amide bonds. The van der Waals surface area contributed by atoms with Crippen LogP contribution in [-0.2, 0) is 11.0 Å². The van der Waals surface area contributed by atoms with Crippen molar-refractivity contribution >= 4 is 11.7 Å². The average Bonchev–Trinajstić information content (AvgIpc) is 2.68. The van der Waals surface area contributed by atoms with Crippen LogP contribution in [0, 0.1) is 5.92 Å². The molecule has 1 heterocycles. The van der Waals surface area contributed by atoms with Gasteiger partial charge >= 0.3 is 12.1 Å². The number of hydrogen-bond donors (Lipinski definition) is 1. The Bertz CT molecular complexity index is 850. The van der Waals surface area contributed by atoms with Gasteiger partial charge in [-0.3, -0.25) is 9.69 Å². The van der Waals surface area contributed by atoms with Gasteiger partial charge in [0.1, 0.15) is 0 Å². The first-order chi connectivity index (χ1) is 13.7. The van der Waals surface area contributed by atoms with Crippen molar-refractivity contribution in [2.75, 3.05) is 32.1 Å². The molecule has 0 aromatic heterocycles. The standard InChI is InChI=1S/C22H25F3N2O2/c1-26(2)19-10-8-15(9-11-19)20(27-12-4-6-17(14-27)21(28)29)16-5-3-7-18(13-16)22(23,24)25/h3,5,7-11,13,17,20H,4,6,12,14H2,1-2H3,(H,28,29). The molecule has 2 aromatic rings. The minimum atomic E-state index is -4.43. The Balaban J connectivity index is 2.03. The third-order valence-electron chi connectivity index (χ3n) is 5.42. The van der Waals surface area contributed by atoms with Gasteiger partial charge < -0.3 is 10.0 Å². The summed E-state index contributed by atoms with van der Waals surface area (Å²) in [6, 6.07) is 12.6. The van der Waals surface area contributed by atoms with Gasteiger partial charge in [0.25, 0.3) is 0 Å². The van der Waals surface area contributed by atoms with E-state index in [0.717, 1.165) is 17.3 Å². The molecule has 1 aliphatic heterocycles. The maximum atomic E-state index is 13.3. The van der Waals surface area contributed by atoms with Crippen LogP contribution in [0.5, 0.6) is 0 Å². The van der Waals surface area contributed by atoms with Crippen LogP contribution in [-0.4, -0.2) is 43.2 Å². The maximum Gasteiger partial charge on any atom is 0.416 e. The minimum absolute atomic E-state index is 0.311. The summed E-state index contributed by atoms with van der Waals surface area (Å²) in [5, 5.41) is 9.45. The van der Waals surface area contributed by atoms with Gasteiger partial charge in [-0.25, -0.2) is 0 Å². The number of carboxylic acids is 1. The van der Waals surface area contributed by atoms with Crippen LogP contribution in [0.25, 0.3) is 0 Å². The molecule has 1 aliphatic rings. The van der Waals surface area contributed by atoms with Crippen LogP contribution in [0.1, 0.15) is 35.6 Å². The Morgan fingerprint density at radius 1 is 1.14 bits per heavy atom. The van der Waals surface area contributed by atoms with Crippen molar-refractivity contribution in [2.45, 2.75) is 25.1 Å². The van der Waals surface area contributed by atoms with E-state index in [1.165, 1.54) is 12.1 Å². The lowest BCUT2D eigenvalue weighted by molar-refractivity contribution is -0.143. The van der Waals surface area contributed by atoms with Crippen LogP contribution in [0.15, 0.2) is 48.5 Å². The first-order valence-corrected chi connectivity index (χ1v) is 9.58. The van der Waals surface area contributed by atoms with Crippen molar-refractivity contribution in [3.05, 3.63) is 65.2 Å². The quantitative estimate of drug-likeness (QED) is 0.785. The molecule has 3 rings (SSSR count). The van der Waals surface area contributed by atoms with E-state index in [-0.39, 0.29) is 0 Å². The van der Waals surface area contributed by atoms with Gasteiger partial charge in [0, 0.05) is 26.3 Å². The van der Waals surface area contributed by atoms with Gasteiger partial charge in [-0.15, -0.1) is 0 Å². The predicted octanol–water partition coefficient (Wildman–Crippen LogP) is 4.66. The normalized spacial score (nSPS) is 19.0. The molecule has 1 saturated heterocycles. The van der Waals surface area contributed by atoms with E-state index in [2.05, 4.69) is 0 Å². The fraction of sp³-hybridized carbons (Fsp3) is 0.409. The summed E-state index contributed by atoms with van der Waals surface area (Å²) in [4.78, 5) is 15.5. The van der Waals surface area contributed by atoms with E-state index >= 15 is 0 Å². The number of nitrogens with zero attached hydrogens (tertiary/aromatic N) is 2. The molecule has 2 atom stereocenters. The zero-order valence-corrected chi connectivity index (χ0v) is 16.5. The Hall–Kier alpha value is -2.54. The third-order valence-corrected chi connectivity index (χ3v) is 5.42. The number of piperidine rings is 1. The highest BCUT2D eigenvalue weighted by Crippen LogP contribution is 2.36. The van der Waals surface area contributed by atoms with Gasteiger partial charge in [0.05, 0.1) is 17.5 Å². The summed E-state index contributed by atoms with van der Waals surface area (Å²) in [5.41, 5.74) is 1.65. The molecular formula is C22H25F3N2O2. The SMILES string of the molecule is CN(C)c1ccc(C(c2cccc(C(F)(F)F)c2)N2CCCC(C(=O)O)C2)cc1. The lowest BCUT2D eigenvalue weighted by atomic mass is 9.90. The zero-order valence-electron chi connectivity index (χ0n) is 16.5. The summed E-state index contributed by atoms with van der Waals surface area (Å²) in [6.07, 6.45) is -3.15. The number of carboxylic acid groups (broad SMARTS) is 1. The number of halogens is 3. The zero-order chi connectivity index (χ0) is 21.2. The second kappa shape index (κ2) is 8.45. The number of anilines is 1. The van der Waals surface area contributed by atoms with E-state index in [1.54, 1.807) is 6.07 Å². The van der Waals surface area contributed by atoms with E-state index in [0.29, 0.717) is 31.5 Å². The maximum absolute atomic E-state index is 13.3. The van der Waals surface area contributed by atoms with E-state index in [1.807, 2.05) is 48.2 Å². The average molecular weight is 406 g/mol. The predicted molar refractivity (Wildman–Crippen MR) is 106 cm³/mol. The number of hydrogen-bond acceptors (Lipinski definition) is 3. The van der Waals surface area contributed by atoms with Crippen molar-refractivity contribution in [3.8, 4) is 0 Å². The van der Waals surface area contributed by atoms with Crippen molar-refractivity contribution < 1.29 is 23.1 Å². The third kappa shape index (κ3) is 4.90. The number of rotatable bonds is 5. The molecule has 0 aliphatic carbocycles. The molecule has 1 N–H and O–H groups in total. The molecule has 7 heteroatoms. The summed E-state index contributed by atoms with van der Waals surface area (Å²) < 4.78 is 39.9. The Labute approximate surface area is 168 Å². The van der Waals surface area contributed by atoms with Gasteiger partial charge in [-0.05, 0) is 54.8 Å². The molecule has 1 fully saturated rings. The van der Waals surface area contributed by atoms with Crippen molar-refractivity contribution in [1.29, 1.82) is 0 Å². The molecule has 0 spiro atoms. The summed E-state index contributed by atoms with van der Waals surface area (Å²) in [7, 11) is 3.84. The van der Waals surface area contributed by atoms with Crippen LogP contribution < -0.4 is 4.90 Å². The first-order valence-electron chi connectivity index (χ1n) is 9.58. The highest BCUT2D eigenvalue weighted by molar-refractivity contribution is 5.70. The molecule has 0 radical (unpaired) electrons. The van der Waals surface area contributed by atoms with Crippen molar-refractivity contribution in [2.24, 2.45) is 5.92 Å². The molecule has 0 saturated carbocycles. The van der Waals surface area contributed by atoms with Crippen LogP contribution in [0.3, 0.4) is 0 Å². The lowest BCUT2D eigenvalue weighted by Gasteiger charge is -2.38.